The van der Waals surface area contributed by atoms with Crippen LogP contribution in [-0.4, -0.2) is 19.9 Å². The van der Waals surface area contributed by atoms with Gasteiger partial charge >= 0.3 is 0 Å². The SMILES string of the molecule is CC(C)C(C)CNS(=O)(=O)c1cc([N+](=O)[O-])c(Cl)s1. The average Bonchev–Trinajstić information content (AvgIpc) is 2.69. The molecule has 108 valence electrons. The van der Waals surface area contributed by atoms with Crippen LogP contribution in [0.5, 0.6) is 0 Å². The van der Waals surface area contributed by atoms with Crippen LogP contribution >= 0.6 is 22.9 Å². The highest BCUT2D eigenvalue weighted by Crippen LogP contribution is 2.36. The summed E-state index contributed by atoms with van der Waals surface area (Å²) >= 11 is 6.33. The Kier molecular flexibility index (Phi) is 5.31. The minimum atomic E-state index is -3.74. The van der Waals surface area contributed by atoms with Crippen LogP contribution in [0.1, 0.15) is 20.8 Å². The number of nitro groups is 1. The topological polar surface area (TPSA) is 89.3 Å². The van der Waals surface area contributed by atoms with Gasteiger partial charge in [-0.15, -0.1) is 11.3 Å². The molecule has 0 saturated carbocycles. The fourth-order valence-corrected chi connectivity index (χ4v) is 4.00. The molecule has 1 unspecified atom stereocenters. The summed E-state index contributed by atoms with van der Waals surface area (Å²) in [4.78, 5) is 9.93. The van der Waals surface area contributed by atoms with Gasteiger partial charge in [0.25, 0.3) is 5.69 Å². The van der Waals surface area contributed by atoms with Crippen molar-refractivity contribution in [1.82, 2.24) is 4.72 Å². The summed E-state index contributed by atoms with van der Waals surface area (Å²) in [5.74, 6) is 0.504. The Morgan fingerprint density at radius 3 is 2.47 bits per heavy atom. The summed E-state index contributed by atoms with van der Waals surface area (Å²) in [7, 11) is -3.74. The van der Waals surface area contributed by atoms with Crippen molar-refractivity contribution < 1.29 is 13.3 Å². The molecule has 0 aliphatic carbocycles. The molecule has 0 fully saturated rings. The molecule has 1 aromatic rings. The summed E-state index contributed by atoms with van der Waals surface area (Å²) in [6.07, 6.45) is 0. The van der Waals surface area contributed by atoms with Gasteiger partial charge in [0.1, 0.15) is 4.21 Å². The second-order valence-electron chi connectivity index (χ2n) is 4.55. The van der Waals surface area contributed by atoms with E-state index in [0.717, 1.165) is 6.07 Å². The maximum Gasteiger partial charge on any atom is 0.300 e. The van der Waals surface area contributed by atoms with Gasteiger partial charge in [0.2, 0.25) is 10.0 Å². The molecule has 1 rings (SSSR count). The molecule has 0 amide bonds. The molecule has 0 bridgehead atoms. The van der Waals surface area contributed by atoms with Crippen molar-refractivity contribution in [2.75, 3.05) is 6.54 Å². The van der Waals surface area contributed by atoms with Gasteiger partial charge in [-0.05, 0) is 11.8 Å². The first-order chi connectivity index (χ1) is 8.65. The zero-order chi connectivity index (χ0) is 14.8. The van der Waals surface area contributed by atoms with Gasteiger partial charge in [-0.2, -0.15) is 0 Å². The number of thiophene rings is 1. The molecular formula is C10H15ClN2O4S2. The van der Waals surface area contributed by atoms with E-state index in [-0.39, 0.29) is 26.7 Å². The molecule has 6 nitrogen and oxygen atoms in total. The molecule has 0 aliphatic rings. The number of sulfonamides is 1. The van der Waals surface area contributed by atoms with Crippen LogP contribution in [0.15, 0.2) is 10.3 Å². The minimum Gasteiger partial charge on any atom is -0.258 e. The van der Waals surface area contributed by atoms with Gasteiger partial charge in [0.15, 0.2) is 4.34 Å². The molecule has 0 saturated heterocycles. The number of nitrogens with zero attached hydrogens (tertiary/aromatic N) is 1. The molecule has 0 aliphatic heterocycles. The summed E-state index contributed by atoms with van der Waals surface area (Å²) in [5.41, 5.74) is -0.385. The predicted molar refractivity (Wildman–Crippen MR) is 75.2 cm³/mol. The summed E-state index contributed by atoms with van der Waals surface area (Å²) in [6.45, 7) is 6.19. The van der Waals surface area contributed by atoms with E-state index in [2.05, 4.69) is 4.72 Å². The number of halogens is 1. The van der Waals surface area contributed by atoms with E-state index < -0.39 is 14.9 Å². The molecule has 1 aromatic heterocycles. The molecular weight excluding hydrogens is 312 g/mol. The van der Waals surface area contributed by atoms with E-state index in [4.69, 9.17) is 11.6 Å². The maximum absolute atomic E-state index is 12.0. The summed E-state index contributed by atoms with van der Waals surface area (Å²) < 4.78 is 26.1. The van der Waals surface area contributed by atoms with Crippen molar-refractivity contribution >= 4 is 38.6 Å². The van der Waals surface area contributed by atoms with E-state index in [1.165, 1.54) is 0 Å². The zero-order valence-corrected chi connectivity index (χ0v) is 13.1. The third kappa shape index (κ3) is 4.13. The highest BCUT2D eigenvalue weighted by atomic mass is 35.5. The molecule has 0 spiro atoms. The van der Waals surface area contributed by atoms with Gasteiger partial charge in [-0.1, -0.05) is 32.4 Å². The van der Waals surface area contributed by atoms with Gasteiger partial charge in [0, 0.05) is 12.6 Å². The third-order valence-electron chi connectivity index (χ3n) is 2.84. The molecule has 1 atom stereocenters. The highest BCUT2D eigenvalue weighted by molar-refractivity contribution is 7.91. The van der Waals surface area contributed by atoms with Crippen LogP contribution < -0.4 is 4.72 Å². The quantitative estimate of drug-likeness (QED) is 0.643. The van der Waals surface area contributed by atoms with Crippen molar-refractivity contribution in [2.24, 2.45) is 11.8 Å². The molecule has 0 aromatic carbocycles. The predicted octanol–water partition coefficient (Wildman–Crippen LogP) is 2.88. The van der Waals surface area contributed by atoms with Crippen molar-refractivity contribution in [2.45, 2.75) is 25.0 Å². The van der Waals surface area contributed by atoms with E-state index in [9.17, 15) is 18.5 Å². The standard InChI is InChI=1S/C10H15ClN2O4S2/c1-6(2)7(3)5-12-19(16,17)9-4-8(13(14)15)10(11)18-9/h4,6-7,12H,5H2,1-3H3. The van der Waals surface area contributed by atoms with Crippen molar-refractivity contribution in [3.63, 3.8) is 0 Å². The molecule has 19 heavy (non-hydrogen) atoms. The number of nitrogens with one attached hydrogen (secondary N) is 1. The van der Waals surface area contributed by atoms with Crippen LogP contribution in [-0.2, 0) is 10.0 Å². The van der Waals surface area contributed by atoms with Crippen molar-refractivity contribution in [3.8, 4) is 0 Å². The van der Waals surface area contributed by atoms with Crippen LogP contribution in [0.4, 0.5) is 5.69 Å². The third-order valence-corrected chi connectivity index (χ3v) is 6.08. The lowest BCUT2D eigenvalue weighted by Gasteiger charge is -2.15. The number of hydrogen-bond donors (Lipinski definition) is 1. The Labute approximate surface area is 121 Å². The largest absolute Gasteiger partial charge is 0.300 e. The lowest BCUT2D eigenvalue weighted by Crippen LogP contribution is -2.29. The normalized spacial score (nSPS) is 13.7. The fourth-order valence-electron chi connectivity index (χ4n) is 1.14. The maximum atomic E-state index is 12.0. The molecule has 1 heterocycles. The lowest BCUT2D eigenvalue weighted by molar-refractivity contribution is -0.384. The Hall–Kier alpha value is -0.700. The summed E-state index contributed by atoms with van der Waals surface area (Å²) in [5, 5.41) is 10.6. The average molecular weight is 327 g/mol. The van der Waals surface area contributed by atoms with Crippen LogP contribution in [0.2, 0.25) is 4.34 Å². The lowest BCUT2D eigenvalue weighted by atomic mass is 9.99. The fraction of sp³-hybridized carbons (Fsp3) is 0.600. The Morgan fingerprint density at radius 1 is 1.47 bits per heavy atom. The second-order valence-corrected chi connectivity index (χ2v) is 8.20. The smallest absolute Gasteiger partial charge is 0.258 e. The second kappa shape index (κ2) is 6.17. The van der Waals surface area contributed by atoms with Gasteiger partial charge in [0.05, 0.1) is 4.92 Å². The van der Waals surface area contributed by atoms with Gasteiger partial charge in [-0.25, -0.2) is 13.1 Å². The number of rotatable bonds is 6. The molecule has 1 N–H and O–H groups in total. The summed E-state index contributed by atoms with van der Waals surface area (Å²) in [6, 6.07) is 0.982. The van der Waals surface area contributed by atoms with Gasteiger partial charge in [-0.3, -0.25) is 10.1 Å². The van der Waals surface area contributed by atoms with E-state index in [1.54, 1.807) is 0 Å². The van der Waals surface area contributed by atoms with E-state index in [1.807, 2.05) is 20.8 Å². The van der Waals surface area contributed by atoms with Crippen LogP contribution in [0.3, 0.4) is 0 Å². The Morgan fingerprint density at radius 2 is 2.05 bits per heavy atom. The molecule has 0 radical (unpaired) electrons. The van der Waals surface area contributed by atoms with E-state index in [0.29, 0.717) is 17.3 Å². The minimum absolute atomic E-state index is 0.137. The number of hydrogen-bond acceptors (Lipinski definition) is 5. The van der Waals surface area contributed by atoms with Crippen LogP contribution in [0, 0.1) is 22.0 Å². The Bertz CT molecular complexity index is 568. The monoisotopic (exact) mass is 326 g/mol. The van der Waals surface area contributed by atoms with Crippen LogP contribution in [0.25, 0.3) is 0 Å². The highest BCUT2D eigenvalue weighted by Gasteiger charge is 2.25. The first-order valence-corrected chi connectivity index (χ1v) is 8.26. The van der Waals surface area contributed by atoms with Crippen molar-refractivity contribution in [1.29, 1.82) is 0 Å². The Balaban J connectivity index is 2.89. The van der Waals surface area contributed by atoms with E-state index >= 15 is 0 Å². The first kappa shape index (κ1) is 16.4. The molecule has 9 heteroatoms. The first-order valence-electron chi connectivity index (χ1n) is 5.58. The van der Waals surface area contributed by atoms with Crippen molar-refractivity contribution in [3.05, 3.63) is 20.5 Å². The zero-order valence-electron chi connectivity index (χ0n) is 10.7. The van der Waals surface area contributed by atoms with Gasteiger partial charge < -0.3 is 0 Å².